The number of rotatable bonds is 3. The lowest BCUT2D eigenvalue weighted by molar-refractivity contribution is 0.0980. The molecule has 0 aromatic heterocycles. The van der Waals surface area contributed by atoms with E-state index in [0.29, 0.717) is 16.7 Å². The molecule has 1 aromatic rings. The molecule has 0 aliphatic carbocycles. The molecule has 0 amide bonds. The van der Waals surface area contributed by atoms with E-state index >= 15 is 0 Å². The highest BCUT2D eigenvalue weighted by atomic mass is 16.1. The van der Waals surface area contributed by atoms with Crippen molar-refractivity contribution in [2.45, 2.75) is 20.8 Å². The zero-order valence-corrected chi connectivity index (χ0v) is 9.13. The van der Waals surface area contributed by atoms with Crippen molar-refractivity contribution in [3.05, 3.63) is 41.0 Å². The molecule has 77 valence electrons. The standard InChI is InChI=1S/C13H13O2/c1-4-6-11-7-5-8-12(9(2)14)13(11)10(3)15/h4-6,8H,1-3H3. The molecule has 0 N–H and O–H groups in total. The van der Waals surface area contributed by atoms with Crippen molar-refractivity contribution in [3.8, 4) is 0 Å². The predicted molar refractivity (Wildman–Crippen MR) is 60.0 cm³/mol. The van der Waals surface area contributed by atoms with Gasteiger partial charge in [0.2, 0.25) is 0 Å². The number of hydrogen-bond acceptors (Lipinski definition) is 2. The van der Waals surface area contributed by atoms with E-state index in [1.807, 2.05) is 13.0 Å². The Labute approximate surface area is 89.6 Å². The molecule has 1 aromatic carbocycles. The Bertz CT molecular complexity index is 428. The van der Waals surface area contributed by atoms with Gasteiger partial charge in [-0.3, -0.25) is 9.59 Å². The van der Waals surface area contributed by atoms with Gasteiger partial charge >= 0.3 is 0 Å². The summed E-state index contributed by atoms with van der Waals surface area (Å²) in [6.07, 6.45) is 3.60. The van der Waals surface area contributed by atoms with Gasteiger partial charge in [-0.25, -0.2) is 0 Å². The van der Waals surface area contributed by atoms with E-state index in [4.69, 9.17) is 0 Å². The second-order valence-electron chi connectivity index (χ2n) is 3.29. The third-order valence-corrected chi connectivity index (χ3v) is 2.09. The van der Waals surface area contributed by atoms with Crippen LogP contribution in [0.3, 0.4) is 0 Å². The van der Waals surface area contributed by atoms with Gasteiger partial charge in [0, 0.05) is 11.1 Å². The van der Waals surface area contributed by atoms with Gasteiger partial charge in [-0.1, -0.05) is 24.3 Å². The second-order valence-corrected chi connectivity index (χ2v) is 3.29. The van der Waals surface area contributed by atoms with E-state index in [1.165, 1.54) is 13.8 Å². The Balaban J connectivity index is 3.48. The van der Waals surface area contributed by atoms with Crippen LogP contribution >= 0.6 is 0 Å². The lowest BCUT2D eigenvalue weighted by atomic mass is 9.95. The Morgan fingerprint density at radius 1 is 1.27 bits per heavy atom. The van der Waals surface area contributed by atoms with Crippen LogP contribution in [0.4, 0.5) is 0 Å². The van der Waals surface area contributed by atoms with Gasteiger partial charge in [-0.15, -0.1) is 0 Å². The smallest absolute Gasteiger partial charge is 0.161 e. The highest BCUT2D eigenvalue weighted by Gasteiger charge is 2.13. The van der Waals surface area contributed by atoms with Crippen LogP contribution in [0.5, 0.6) is 0 Å². The van der Waals surface area contributed by atoms with Gasteiger partial charge in [0.1, 0.15) is 0 Å². The van der Waals surface area contributed by atoms with Crippen molar-refractivity contribution in [1.29, 1.82) is 0 Å². The molecule has 15 heavy (non-hydrogen) atoms. The zero-order valence-electron chi connectivity index (χ0n) is 9.13. The van der Waals surface area contributed by atoms with Crippen molar-refractivity contribution in [2.24, 2.45) is 0 Å². The van der Waals surface area contributed by atoms with Gasteiger partial charge in [-0.05, 0) is 32.4 Å². The molecule has 0 heterocycles. The summed E-state index contributed by atoms with van der Waals surface area (Å²) in [7, 11) is 0. The maximum atomic E-state index is 11.5. The third kappa shape index (κ3) is 2.40. The normalized spacial score (nSPS) is 10.6. The third-order valence-electron chi connectivity index (χ3n) is 2.09. The summed E-state index contributed by atoms with van der Waals surface area (Å²) in [4.78, 5) is 22.8. The fraction of sp³-hybridized carbons (Fsp3) is 0.231. The summed E-state index contributed by atoms with van der Waals surface area (Å²) in [5, 5.41) is 0. The highest BCUT2D eigenvalue weighted by Crippen LogP contribution is 2.17. The summed E-state index contributed by atoms with van der Waals surface area (Å²) in [6, 6.07) is 6.25. The molecule has 2 nitrogen and oxygen atoms in total. The van der Waals surface area contributed by atoms with E-state index < -0.39 is 0 Å². The molecule has 0 bridgehead atoms. The number of allylic oxidation sites excluding steroid dienone is 1. The maximum Gasteiger partial charge on any atom is 0.161 e. The summed E-state index contributed by atoms with van der Waals surface area (Å²) >= 11 is 0. The van der Waals surface area contributed by atoms with Crippen LogP contribution in [0, 0.1) is 6.07 Å². The van der Waals surface area contributed by atoms with E-state index in [2.05, 4.69) is 6.07 Å². The van der Waals surface area contributed by atoms with Crippen molar-refractivity contribution >= 4 is 17.6 Å². The van der Waals surface area contributed by atoms with Crippen LogP contribution in [-0.4, -0.2) is 11.6 Å². The summed E-state index contributed by atoms with van der Waals surface area (Å²) < 4.78 is 0. The molecular weight excluding hydrogens is 188 g/mol. The average Bonchev–Trinajstić information content (AvgIpc) is 2.17. The first-order valence-corrected chi connectivity index (χ1v) is 4.77. The van der Waals surface area contributed by atoms with Crippen LogP contribution in [0.15, 0.2) is 18.2 Å². The molecule has 0 aliphatic heterocycles. The Kier molecular flexibility index (Phi) is 3.56. The number of ketones is 2. The molecule has 1 rings (SSSR count). The first-order valence-electron chi connectivity index (χ1n) is 4.77. The Morgan fingerprint density at radius 3 is 2.40 bits per heavy atom. The molecular formula is C13H13O2. The molecule has 0 spiro atoms. The second kappa shape index (κ2) is 4.69. The van der Waals surface area contributed by atoms with Gasteiger partial charge in [0.25, 0.3) is 0 Å². The van der Waals surface area contributed by atoms with E-state index in [0.717, 1.165) is 0 Å². The SMILES string of the molecule is CC=Cc1[c]ccc(C(C)=O)c1C(C)=O. The number of Topliss-reactive ketones (excluding diaryl/α,β-unsaturated/α-hetero) is 2. The molecule has 0 aliphatic rings. The molecule has 0 unspecified atom stereocenters. The van der Waals surface area contributed by atoms with Crippen molar-refractivity contribution in [2.75, 3.05) is 0 Å². The van der Waals surface area contributed by atoms with Crippen LogP contribution in [-0.2, 0) is 0 Å². The minimum Gasteiger partial charge on any atom is -0.294 e. The fourth-order valence-corrected chi connectivity index (χ4v) is 1.49. The lowest BCUT2D eigenvalue weighted by Gasteiger charge is -2.06. The molecule has 0 fully saturated rings. The average molecular weight is 201 g/mol. The van der Waals surface area contributed by atoms with Crippen LogP contribution in [0.2, 0.25) is 0 Å². The summed E-state index contributed by atoms with van der Waals surface area (Å²) in [6.45, 7) is 4.78. The van der Waals surface area contributed by atoms with Crippen LogP contribution in [0.25, 0.3) is 6.08 Å². The number of benzene rings is 1. The van der Waals surface area contributed by atoms with Gasteiger partial charge in [-0.2, -0.15) is 0 Å². The van der Waals surface area contributed by atoms with Gasteiger partial charge in [0.05, 0.1) is 0 Å². The first-order chi connectivity index (χ1) is 7.07. The molecule has 0 saturated heterocycles. The predicted octanol–water partition coefficient (Wildman–Crippen LogP) is 2.93. The van der Waals surface area contributed by atoms with Crippen molar-refractivity contribution in [1.82, 2.24) is 0 Å². The molecule has 0 saturated carbocycles. The van der Waals surface area contributed by atoms with E-state index in [9.17, 15) is 9.59 Å². The van der Waals surface area contributed by atoms with Crippen molar-refractivity contribution in [3.63, 3.8) is 0 Å². The Hall–Kier alpha value is -1.70. The van der Waals surface area contributed by atoms with E-state index in [-0.39, 0.29) is 11.6 Å². The maximum absolute atomic E-state index is 11.5. The molecule has 1 radical (unpaired) electrons. The minimum atomic E-state index is -0.106. The summed E-state index contributed by atoms with van der Waals surface area (Å²) in [5.74, 6) is -0.204. The number of hydrogen-bond donors (Lipinski definition) is 0. The minimum absolute atomic E-state index is 0.0973. The largest absolute Gasteiger partial charge is 0.294 e. The van der Waals surface area contributed by atoms with E-state index in [1.54, 1.807) is 18.2 Å². The molecule has 2 heteroatoms. The van der Waals surface area contributed by atoms with Crippen LogP contribution < -0.4 is 0 Å². The monoisotopic (exact) mass is 201 g/mol. The highest BCUT2D eigenvalue weighted by molar-refractivity contribution is 6.09. The summed E-state index contributed by atoms with van der Waals surface area (Å²) in [5.41, 5.74) is 1.61. The van der Waals surface area contributed by atoms with Gasteiger partial charge < -0.3 is 0 Å². The quantitative estimate of drug-likeness (QED) is 0.704. The number of carbonyl (C=O) groups excluding carboxylic acids is 2. The van der Waals surface area contributed by atoms with Crippen LogP contribution in [0.1, 0.15) is 47.1 Å². The fourth-order valence-electron chi connectivity index (χ4n) is 1.49. The Morgan fingerprint density at radius 2 is 1.93 bits per heavy atom. The van der Waals surface area contributed by atoms with Gasteiger partial charge in [0.15, 0.2) is 11.6 Å². The molecule has 0 atom stereocenters. The van der Waals surface area contributed by atoms with Crippen molar-refractivity contribution < 1.29 is 9.59 Å². The first kappa shape index (κ1) is 11.4. The topological polar surface area (TPSA) is 34.1 Å². The number of carbonyl (C=O) groups is 2. The lowest BCUT2D eigenvalue weighted by Crippen LogP contribution is -2.06. The zero-order chi connectivity index (χ0) is 11.4.